The number of carbonyl (C=O) groups is 3. The number of carbonyl (C=O) groups excluding carboxylic acids is 3. The topological polar surface area (TPSA) is 131 Å². The molecule has 1 aliphatic heterocycles. The molecule has 1 saturated heterocycles. The second-order valence-electron chi connectivity index (χ2n) is 8.12. The van der Waals surface area contributed by atoms with Crippen molar-refractivity contribution in [1.29, 1.82) is 0 Å². The van der Waals surface area contributed by atoms with Gasteiger partial charge in [-0.15, -0.1) is 0 Å². The Morgan fingerprint density at radius 3 is 2.59 bits per heavy atom. The SMILES string of the molecule is COc1ccc(C(=O)O[C@H](C)C(=O)N2CCNC2=O)cc1S(=O)(=O)N[C@H]1CCCC[C@@H]1C. The van der Waals surface area contributed by atoms with Gasteiger partial charge in [-0.3, -0.25) is 9.69 Å². The van der Waals surface area contributed by atoms with Crippen molar-refractivity contribution < 1.29 is 32.3 Å². The number of nitrogens with zero attached hydrogens (tertiary/aromatic N) is 1. The lowest BCUT2D eigenvalue weighted by Gasteiger charge is -2.29. The molecular weight excluding hydrogens is 438 g/mol. The third-order valence-electron chi connectivity index (χ3n) is 5.86. The summed E-state index contributed by atoms with van der Waals surface area (Å²) < 4.78 is 39.3. The number of esters is 1. The van der Waals surface area contributed by atoms with E-state index in [2.05, 4.69) is 10.0 Å². The lowest BCUT2D eigenvalue weighted by Crippen LogP contribution is -2.42. The van der Waals surface area contributed by atoms with Crippen LogP contribution in [0.4, 0.5) is 4.79 Å². The maximum absolute atomic E-state index is 13.1. The Balaban J connectivity index is 1.78. The molecular formula is C21H29N3O7S. The number of urea groups is 1. The Morgan fingerprint density at radius 1 is 1.25 bits per heavy atom. The molecule has 10 nitrogen and oxygen atoms in total. The number of benzene rings is 1. The zero-order valence-electron chi connectivity index (χ0n) is 18.4. The molecule has 2 N–H and O–H groups in total. The van der Waals surface area contributed by atoms with Gasteiger partial charge in [0.15, 0.2) is 6.10 Å². The van der Waals surface area contributed by atoms with Gasteiger partial charge in [0.25, 0.3) is 5.91 Å². The van der Waals surface area contributed by atoms with E-state index in [1.165, 1.54) is 32.2 Å². The van der Waals surface area contributed by atoms with Gasteiger partial charge in [0, 0.05) is 19.1 Å². The van der Waals surface area contributed by atoms with Crippen LogP contribution >= 0.6 is 0 Å². The van der Waals surface area contributed by atoms with E-state index in [1.54, 1.807) is 0 Å². The van der Waals surface area contributed by atoms with Crippen LogP contribution in [0.2, 0.25) is 0 Å². The molecule has 3 amide bonds. The fourth-order valence-electron chi connectivity index (χ4n) is 3.95. The van der Waals surface area contributed by atoms with E-state index in [4.69, 9.17) is 9.47 Å². The number of amides is 3. The Kier molecular flexibility index (Phi) is 7.40. The molecule has 11 heteroatoms. The summed E-state index contributed by atoms with van der Waals surface area (Å²) in [5.74, 6) is -1.24. The van der Waals surface area contributed by atoms with Crippen LogP contribution in [0.5, 0.6) is 5.75 Å². The Hall–Kier alpha value is -2.66. The Morgan fingerprint density at radius 2 is 1.97 bits per heavy atom. The van der Waals surface area contributed by atoms with Crippen molar-refractivity contribution in [2.45, 2.75) is 56.6 Å². The van der Waals surface area contributed by atoms with E-state index < -0.39 is 34.0 Å². The average molecular weight is 468 g/mol. The number of hydrogen-bond donors (Lipinski definition) is 2. The molecule has 1 heterocycles. The number of imide groups is 1. The highest BCUT2D eigenvalue weighted by Gasteiger charge is 2.33. The number of hydrogen-bond acceptors (Lipinski definition) is 7. The van der Waals surface area contributed by atoms with Gasteiger partial charge in [-0.2, -0.15) is 0 Å². The quantitative estimate of drug-likeness (QED) is 0.583. The maximum Gasteiger partial charge on any atom is 0.338 e. The standard InChI is InChI=1S/C21H29N3O7S/c1-13-6-4-5-7-16(13)23-32(28,29)18-12-15(8-9-17(18)30-3)20(26)31-14(2)19(25)24-11-10-22-21(24)27/h8-9,12-14,16,23H,4-7,10-11H2,1-3H3,(H,22,27)/t13-,14+,16-/m0/s1. The molecule has 3 rings (SSSR count). The molecule has 1 saturated carbocycles. The molecule has 0 bridgehead atoms. The van der Waals surface area contributed by atoms with Crippen LogP contribution in [0.15, 0.2) is 23.1 Å². The van der Waals surface area contributed by atoms with E-state index in [1.807, 2.05) is 6.92 Å². The molecule has 1 aromatic carbocycles. The van der Waals surface area contributed by atoms with Gasteiger partial charge < -0.3 is 14.8 Å². The first-order valence-corrected chi connectivity index (χ1v) is 12.1. The minimum atomic E-state index is -3.97. The molecule has 0 aromatic heterocycles. The molecule has 3 atom stereocenters. The summed E-state index contributed by atoms with van der Waals surface area (Å²) in [7, 11) is -2.62. The zero-order valence-corrected chi connectivity index (χ0v) is 19.2. The van der Waals surface area contributed by atoms with Crippen LogP contribution in [0.25, 0.3) is 0 Å². The summed E-state index contributed by atoms with van der Waals surface area (Å²) in [6, 6.07) is 3.17. The van der Waals surface area contributed by atoms with Crippen molar-refractivity contribution in [1.82, 2.24) is 14.9 Å². The summed E-state index contributed by atoms with van der Waals surface area (Å²) in [6.07, 6.45) is 2.49. The monoisotopic (exact) mass is 467 g/mol. The highest BCUT2D eigenvalue weighted by atomic mass is 32.2. The van der Waals surface area contributed by atoms with E-state index >= 15 is 0 Å². The Labute approximate surface area is 187 Å². The van der Waals surface area contributed by atoms with Gasteiger partial charge in [0.05, 0.1) is 12.7 Å². The van der Waals surface area contributed by atoms with Crippen LogP contribution in [-0.2, 0) is 19.6 Å². The Bertz CT molecular complexity index is 995. The van der Waals surface area contributed by atoms with Crippen molar-refractivity contribution in [2.75, 3.05) is 20.2 Å². The largest absolute Gasteiger partial charge is 0.495 e. The molecule has 2 aliphatic rings. The predicted octanol–water partition coefficient (Wildman–Crippen LogP) is 1.65. The molecule has 0 unspecified atom stereocenters. The summed E-state index contributed by atoms with van der Waals surface area (Å²) in [6.45, 7) is 3.89. The normalized spacial score (nSPS) is 22.2. The fraction of sp³-hybridized carbons (Fsp3) is 0.571. The first-order valence-electron chi connectivity index (χ1n) is 10.6. The van der Waals surface area contributed by atoms with Crippen molar-refractivity contribution in [3.05, 3.63) is 23.8 Å². The lowest BCUT2D eigenvalue weighted by molar-refractivity contribution is -0.136. The lowest BCUT2D eigenvalue weighted by atomic mass is 9.87. The summed E-state index contributed by atoms with van der Waals surface area (Å²) in [5.41, 5.74) is -0.0478. The number of ether oxygens (including phenoxy) is 2. The first kappa shape index (κ1) is 24.0. The van der Waals surface area contributed by atoms with E-state index in [0.717, 1.165) is 30.6 Å². The number of nitrogens with one attached hydrogen (secondary N) is 2. The van der Waals surface area contributed by atoms with Crippen LogP contribution in [-0.4, -0.2) is 63.6 Å². The number of rotatable bonds is 7. The van der Waals surface area contributed by atoms with Crippen molar-refractivity contribution in [3.63, 3.8) is 0 Å². The third-order valence-corrected chi connectivity index (χ3v) is 7.37. The van der Waals surface area contributed by atoms with Crippen molar-refractivity contribution >= 4 is 27.9 Å². The van der Waals surface area contributed by atoms with Crippen molar-refractivity contribution in [3.8, 4) is 5.75 Å². The van der Waals surface area contributed by atoms with Gasteiger partial charge in [0.1, 0.15) is 10.6 Å². The van der Waals surface area contributed by atoms with E-state index in [0.29, 0.717) is 6.54 Å². The number of sulfonamides is 1. The second kappa shape index (κ2) is 9.86. The summed E-state index contributed by atoms with van der Waals surface area (Å²) in [4.78, 5) is 37.4. The minimum absolute atomic E-state index is 0.0478. The van der Waals surface area contributed by atoms with Gasteiger partial charge in [-0.25, -0.2) is 22.7 Å². The zero-order chi connectivity index (χ0) is 23.5. The smallest absolute Gasteiger partial charge is 0.338 e. The molecule has 0 radical (unpaired) electrons. The van der Waals surface area contributed by atoms with Gasteiger partial charge in [0.2, 0.25) is 10.0 Å². The van der Waals surface area contributed by atoms with Gasteiger partial charge in [-0.1, -0.05) is 19.8 Å². The molecule has 1 aliphatic carbocycles. The minimum Gasteiger partial charge on any atom is -0.495 e. The fourth-order valence-corrected chi connectivity index (χ4v) is 5.52. The van der Waals surface area contributed by atoms with Crippen LogP contribution in [0, 0.1) is 5.92 Å². The molecule has 1 aromatic rings. The molecule has 176 valence electrons. The molecule has 2 fully saturated rings. The summed E-state index contributed by atoms with van der Waals surface area (Å²) >= 11 is 0. The first-order chi connectivity index (χ1) is 15.1. The number of methoxy groups -OCH3 is 1. The maximum atomic E-state index is 13.1. The van der Waals surface area contributed by atoms with Gasteiger partial charge in [-0.05, 0) is 43.9 Å². The highest BCUT2D eigenvalue weighted by Crippen LogP contribution is 2.29. The van der Waals surface area contributed by atoms with Gasteiger partial charge >= 0.3 is 12.0 Å². The highest BCUT2D eigenvalue weighted by molar-refractivity contribution is 7.89. The van der Waals surface area contributed by atoms with Crippen LogP contribution in [0.3, 0.4) is 0 Å². The third kappa shape index (κ3) is 5.21. The van der Waals surface area contributed by atoms with E-state index in [9.17, 15) is 22.8 Å². The molecule has 0 spiro atoms. The van der Waals surface area contributed by atoms with Crippen LogP contribution in [0.1, 0.15) is 49.9 Å². The average Bonchev–Trinajstić information content (AvgIpc) is 3.19. The molecule has 32 heavy (non-hydrogen) atoms. The van der Waals surface area contributed by atoms with Crippen molar-refractivity contribution in [2.24, 2.45) is 5.92 Å². The van der Waals surface area contributed by atoms with E-state index in [-0.39, 0.29) is 34.7 Å². The van der Waals surface area contributed by atoms with Crippen LogP contribution < -0.4 is 14.8 Å². The predicted molar refractivity (Wildman–Crippen MR) is 115 cm³/mol. The second-order valence-corrected chi connectivity index (χ2v) is 9.81. The summed E-state index contributed by atoms with van der Waals surface area (Å²) in [5, 5.41) is 2.50.